The van der Waals surface area contributed by atoms with Crippen molar-refractivity contribution in [2.75, 3.05) is 12.4 Å². The third kappa shape index (κ3) is 1.97. The first-order chi connectivity index (χ1) is 5.54. The summed E-state index contributed by atoms with van der Waals surface area (Å²) in [5.41, 5.74) is 2.37. The molecule has 1 rings (SSSR count). The lowest BCUT2D eigenvalue weighted by molar-refractivity contribution is 0.569. The number of pyridine rings is 1. The zero-order valence-electron chi connectivity index (χ0n) is 8.18. The molecule has 0 fully saturated rings. The van der Waals surface area contributed by atoms with Crippen LogP contribution >= 0.6 is 0 Å². The first-order valence-electron chi connectivity index (χ1n) is 4.18. The quantitative estimate of drug-likeness (QED) is 0.689. The Hall–Kier alpha value is -1.05. The van der Waals surface area contributed by atoms with Crippen molar-refractivity contribution in [3.8, 4) is 0 Å². The number of hydrogen-bond acceptors (Lipinski definition) is 2. The summed E-state index contributed by atoms with van der Waals surface area (Å²) in [6.45, 7) is 6.48. The fourth-order valence-electron chi connectivity index (χ4n) is 0.996. The fourth-order valence-corrected chi connectivity index (χ4v) is 0.996. The van der Waals surface area contributed by atoms with Crippen molar-refractivity contribution >= 4 is 5.69 Å². The summed E-state index contributed by atoms with van der Waals surface area (Å²) in [6.07, 6.45) is 1.84. The van der Waals surface area contributed by atoms with Gasteiger partial charge < -0.3 is 5.32 Å². The molecule has 0 amide bonds. The van der Waals surface area contributed by atoms with Gasteiger partial charge in [-0.05, 0) is 12.1 Å². The Morgan fingerprint density at radius 1 is 1.33 bits per heavy atom. The zero-order valence-corrected chi connectivity index (χ0v) is 8.18. The number of nitrogens with zero attached hydrogens (tertiary/aromatic N) is 1. The van der Waals surface area contributed by atoms with Gasteiger partial charge in [-0.25, -0.2) is 0 Å². The highest BCUT2D eigenvalue weighted by Crippen LogP contribution is 2.21. The molecular weight excluding hydrogens is 148 g/mol. The molecule has 0 bridgehead atoms. The second kappa shape index (κ2) is 3.13. The lowest BCUT2D eigenvalue weighted by atomic mass is 9.91. The molecule has 66 valence electrons. The Bertz CT molecular complexity index is 261. The van der Waals surface area contributed by atoms with Crippen molar-refractivity contribution in [3.63, 3.8) is 0 Å². The van der Waals surface area contributed by atoms with E-state index in [0.29, 0.717) is 0 Å². The molecule has 0 unspecified atom stereocenters. The predicted octanol–water partition coefficient (Wildman–Crippen LogP) is 2.42. The molecule has 2 heteroatoms. The maximum atomic E-state index is 4.32. The Morgan fingerprint density at radius 3 is 2.50 bits per heavy atom. The molecule has 0 saturated heterocycles. The van der Waals surface area contributed by atoms with Crippen LogP contribution in [0.3, 0.4) is 0 Å². The average Bonchev–Trinajstić information content (AvgIpc) is 2.03. The molecule has 0 aliphatic heterocycles. The van der Waals surface area contributed by atoms with E-state index in [1.807, 2.05) is 19.3 Å². The van der Waals surface area contributed by atoms with Crippen molar-refractivity contribution in [1.82, 2.24) is 4.98 Å². The minimum absolute atomic E-state index is 0.132. The Morgan fingerprint density at radius 2 is 2.00 bits per heavy atom. The molecule has 1 aromatic rings. The minimum Gasteiger partial charge on any atom is -0.388 e. The summed E-state index contributed by atoms with van der Waals surface area (Å²) in [5, 5.41) is 3.10. The first kappa shape index (κ1) is 9.04. The van der Waals surface area contributed by atoms with Crippen molar-refractivity contribution in [1.29, 1.82) is 0 Å². The summed E-state index contributed by atoms with van der Waals surface area (Å²) in [5.74, 6) is 0. The van der Waals surface area contributed by atoms with Crippen LogP contribution in [-0.4, -0.2) is 12.0 Å². The molecule has 2 nitrogen and oxygen atoms in total. The number of anilines is 1. The Balaban J connectivity index is 3.02. The van der Waals surface area contributed by atoms with Gasteiger partial charge in [0.2, 0.25) is 0 Å². The van der Waals surface area contributed by atoms with Gasteiger partial charge in [0.25, 0.3) is 0 Å². The second-order valence-electron chi connectivity index (χ2n) is 3.93. The number of aromatic nitrogens is 1. The van der Waals surface area contributed by atoms with Crippen molar-refractivity contribution in [3.05, 3.63) is 24.0 Å². The van der Waals surface area contributed by atoms with Crippen LogP contribution in [0.4, 0.5) is 5.69 Å². The molecule has 0 aliphatic rings. The molecule has 12 heavy (non-hydrogen) atoms. The molecule has 1 aromatic heterocycles. The maximum Gasteiger partial charge on any atom is 0.0477 e. The highest BCUT2D eigenvalue weighted by Gasteiger charge is 2.14. The third-order valence-corrected chi connectivity index (χ3v) is 1.82. The van der Waals surface area contributed by atoms with Crippen LogP contribution < -0.4 is 5.32 Å². The Labute approximate surface area is 74.0 Å². The maximum absolute atomic E-state index is 4.32. The largest absolute Gasteiger partial charge is 0.388 e. The van der Waals surface area contributed by atoms with E-state index in [4.69, 9.17) is 0 Å². The van der Waals surface area contributed by atoms with Crippen LogP contribution in [-0.2, 0) is 5.41 Å². The highest BCUT2D eigenvalue weighted by molar-refractivity contribution is 5.43. The van der Waals surface area contributed by atoms with E-state index in [0.717, 1.165) is 11.4 Å². The summed E-state index contributed by atoms with van der Waals surface area (Å²) in [4.78, 5) is 4.32. The zero-order chi connectivity index (χ0) is 9.19. The lowest BCUT2D eigenvalue weighted by Gasteiger charge is -2.17. The summed E-state index contributed by atoms with van der Waals surface area (Å²) in [6, 6.07) is 4.05. The van der Waals surface area contributed by atoms with Gasteiger partial charge in [-0.2, -0.15) is 0 Å². The Kier molecular flexibility index (Phi) is 2.36. The highest BCUT2D eigenvalue weighted by atomic mass is 14.8. The van der Waals surface area contributed by atoms with Crippen LogP contribution in [0, 0.1) is 0 Å². The molecular formula is C10H16N2. The third-order valence-electron chi connectivity index (χ3n) is 1.82. The van der Waals surface area contributed by atoms with Crippen molar-refractivity contribution in [2.45, 2.75) is 26.2 Å². The van der Waals surface area contributed by atoms with E-state index in [1.165, 1.54) is 0 Å². The van der Waals surface area contributed by atoms with E-state index in [-0.39, 0.29) is 5.41 Å². The molecule has 0 spiro atoms. The van der Waals surface area contributed by atoms with Crippen LogP contribution in [0.5, 0.6) is 0 Å². The number of rotatable bonds is 1. The number of nitrogens with one attached hydrogen (secondary N) is 1. The topological polar surface area (TPSA) is 24.9 Å². The molecule has 0 aromatic carbocycles. The second-order valence-corrected chi connectivity index (χ2v) is 3.93. The van der Waals surface area contributed by atoms with Gasteiger partial charge >= 0.3 is 0 Å². The van der Waals surface area contributed by atoms with Gasteiger partial charge in [0.05, 0.1) is 0 Å². The minimum atomic E-state index is 0.132. The fraction of sp³-hybridized carbons (Fsp3) is 0.500. The predicted molar refractivity (Wildman–Crippen MR) is 52.5 cm³/mol. The summed E-state index contributed by atoms with van der Waals surface area (Å²) in [7, 11) is 1.92. The first-order valence-corrected chi connectivity index (χ1v) is 4.18. The van der Waals surface area contributed by atoms with Gasteiger partial charge in [-0.1, -0.05) is 20.8 Å². The normalized spacial score (nSPS) is 11.3. The van der Waals surface area contributed by atoms with Gasteiger partial charge in [-0.15, -0.1) is 0 Å². The van der Waals surface area contributed by atoms with E-state index >= 15 is 0 Å². The van der Waals surface area contributed by atoms with E-state index in [2.05, 4.69) is 37.1 Å². The van der Waals surface area contributed by atoms with Gasteiger partial charge in [0.15, 0.2) is 0 Å². The summed E-state index contributed by atoms with van der Waals surface area (Å²) < 4.78 is 0. The van der Waals surface area contributed by atoms with Crippen molar-refractivity contribution < 1.29 is 0 Å². The van der Waals surface area contributed by atoms with E-state index < -0.39 is 0 Å². The summed E-state index contributed by atoms with van der Waals surface area (Å²) >= 11 is 0. The van der Waals surface area contributed by atoms with Crippen LogP contribution in [0.25, 0.3) is 0 Å². The molecule has 1 N–H and O–H groups in total. The average molecular weight is 164 g/mol. The van der Waals surface area contributed by atoms with Gasteiger partial charge in [-0.3, -0.25) is 4.98 Å². The van der Waals surface area contributed by atoms with E-state index in [1.54, 1.807) is 0 Å². The number of hydrogen-bond donors (Lipinski definition) is 1. The van der Waals surface area contributed by atoms with Crippen LogP contribution in [0.15, 0.2) is 18.3 Å². The van der Waals surface area contributed by atoms with E-state index in [9.17, 15) is 0 Å². The SMILES string of the molecule is CNc1ccnc(C(C)(C)C)c1. The van der Waals surface area contributed by atoms with Crippen LogP contribution in [0.2, 0.25) is 0 Å². The monoisotopic (exact) mass is 164 g/mol. The molecule has 0 aliphatic carbocycles. The molecule has 1 heterocycles. The molecule has 0 saturated carbocycles. The van der Waals surface area contributed by atoms with Crippen molar-refractivity contribution in [2.24, 2.45) is 0 Å². The molecule has 0 radical (unpaired) electrons. The molecule has 0 atom stereocenters. The van der Waals surface area contributed by atoms with Gasteiger partial charge in [0.1, 0.15) is 0 Å². The smallest absolute Gasteiger partial charge is 0.0477 e. The van der Waals surface area contributed by atoms with Crippen LogP contribution in [0.1, 0.15) is 26.5 Å². The standard InChI is InChI=1S/C10H16N2/c1-10(2,3)9-7-8(11-4)5-6-12-9/h5-7H,1-4H3,(H,11,12). The van der Waals surface area contributed by atoms with Gasteiger partial charge in [0, 0.05) is 30.0 Å². The lowest BCUT2D eigenvalue weighted by Crippen LogP contribution is -2.13.